The minimum atomic E-state index is 0.104. The van der Waals surface area contributed by atoms with Crippen molar-refractivity contribution in [3.8, 4) is 17.1 Å². The number of fused-ring (bicyclic) bond motifs is 1. The molecule has 1 aliphatic heterocycles. The second-order valence-corrected chi connectivity index (χ2v) is 6.42. The fourth-order valence-electron chi connectivity index (χ4n) is 2.47. The van der Waals surface area contributed by atoms with Gasteiger partial charge >= 0.3 is 0 Å². The third kappa shape index (κ3) is 2.63. The third-order valence-electron chi connectivity index (χ3n) is 3.78. The van der Waals surface area contributed by atoms with Crippen LogP contribution in [0, 0.1) is 0 Å². The van der Waals surface area contributed by atoms with Gasteiger partial charge in [-0.1, -0.05) is 23.9 Å². The molecule has 1 unspecified atom stereocenters. The zero-order valence-electron chi connectivity index (χ0n) is 13.0. The number of thioether (sulfide) groups is 1. The number of hydrogen-bond acceptors (Lipinski definition) is 6. The molecule has 120 valence electrons. The molecular weight excluding hydrogens is 322 g/mol. The van der Waals surface area contributed by atoms with Crippen LogP contribution in [-0.4, -0.2) is 28.2 Å². The Bertz CT molecular complexity index is 886. The SMILES string of the molecule is COc1ccc(C2C=Nn3c(nnc3-c3ccc(N)cc3)S2)cc1. The van der Waals surface area contributed by atoms with Crippen molar-refractivity contribution in [2.24, 2.45) is 5.10 Å². The predicted molar refractivity (Wildman–Crippen MR) is 95.4 cm³/mol. The van der Waals surface area contributed by atoms with E-state index in [1.54, 1.807) is 23.5 Å². The average Bonchev–Trinajstić information content (AvgIpc) is 3.05. The summed E-state index contributed by atoms with van der Waals surface area (Å²) in [4.78, 5) is 0. The molecule has 1 atom stereocenters. The minimum absolute atomic E-state index is 0.104. The van der Waals surface area contributed by atoms with Crippen molar-refractivity contribution >= 4 is 23.7 Å². The van der Waals surface area contributed by atoms with Gasteiger partial charge in [0.05, 0.1) is 12.4 Å². The van der Waals surface area contributed by atoms with E-state index in [1.807, 2.05) is 54.7 Å². The fourth-order valence-corrected chi connectivity index (χ4v) is 3.43. The van der Waals surface area contributed by atoms with Crippen molar-refractivity contribution in [3.63, 3.8) is 0 Å². The molecular formula is C17H15N5OS. The summed E-state index contributed by atoms with van der Waals surface area (Å²) in [5.41, 5.74) is 8.53. The summed E-state index contributed by atoms with van der Waals surface area (Å²) in [5, 5.41) is 13.9. The first-order chi connectivity index (χ1) is 11.7. The highest BCUT2D eigenvalue weighted by atomic mass is 32.2. The first kappa shape index (κ1) is 14.8. The van der Waals surface area contributed by atoms with Gasteiger partial charge in [-0.15, -0.1) is 10.2 Å². The standard InChI is InChI=1S/C17H15N5OS/c1-23-14-8-4-11(5-9-14)15-10-19-22-16(20-21-17(22)24-15)12-2-6-13(18)7-3-12/h2-10,15H,18H2,1H3. The Morgan fingerprint density at radius 1 is 1.04 bits per heavy atom. The highest BCUT2D eigenvalue weighted by Crippen LogP contribution is 2.38. The number of ether oxygens (including phenoxy) is 1. The van der Waals surface area contributed by atoms with Gasteiger partial charge in [0.1, 0.15) is 5.75 Å². The molecule has 0 bridgehead atoms. The van der Waals surface area contributed by atoms with Crippen LogP contribution >= 0.6 is 11.8 Å². The van der Waals surface area contributed by atoms with Gasteiger partial charge in [0, 0.05) is 17.5 Å². The maximum atomic E-state index is 5.74. The number of benzene rings is 2. The number of anilines is 1. The molecule has 0 saturated carbocycles. The molecule has 3 aromatic rings. The molecule has 24 heavy (non-hydrogen) atoms. The first-order valence-electron chi connectivity index (χ1n) is 7.41. The highest BCUT2D eigenvalue weighted by Gasteiger charge is 2.23. The van der Waals surface area contributed by atoms with Crippen LogP contribution in [-0.2, 0) is 0 Å². The maximum absolute atomic E-state index is 5.74. The molecule has 2 aromatic carbocycles. The van der Waals surface area contributed by atoms with Crippen LogP contribution in [0.2, 0.25) is 0 Å². The Morgan fingerprint density at radius 2 is 1.79 bits per heavy atom. The lowest BCUT2D eigenvalue weighted by Gasteiger charge is -2.16. The van der Waals surface area contributed by atoms with E-state index in [4.69, 9.17) is 10.5 Å². The van der Waals surface area contributed by atoms with Crippen molar-refractivity contribution in [2.45, 2.75) is 10.4 Å². The summed E-state index contributed by atoms with van der Waals surface area (Å²) in [5.74, 6) is 1.55. The van der Waals surface area contributed by atoms with Gasteiger partial charge in [0.2, 0.25) is 5.16 Å². The van der Waals surface area contributed by atoms with Crippen LogP contribution < -0.4 is 10.5 Å². The maximum Gasteiger partial charge on any atom is 0.213 e. The van der Waals surface area contributed by atoms with E-state index in [0.29, 0.717) is 5.82 Å². The van der Waals surface area contributed by atoms with Crippen LogP contribution in [0.1, 0.15) is 10.8 Å². The van der Waals surface area contributed by atoms with Crippen LogP contribution in [0.25, 0.3) is 11.4 Å². The van der Waals surface area contributed by atoms with E-state index < -0.39 is 0 Å². The van der Waals surface area contributed by atoms with Gasteiger partial charge in [-0.2, -0.15) is 9.78 Å². The van der Waals surface area contributed by atoms with Gasteiger partial charge in [0.15, 0.2) is 5.82 Å². The van der Waals surface area contributed by atoms with Crippen LogP contribution in [0.15, 0.2) is 58.8 Å². The third-order valence-corrected chi connectivity index (χ3v) is 4.89. The summed E-state index contributed by atoms with van der Waals surface area (Å²) in [6.45, 7) is 0. The molecule has 1 aliphatic rings. The smallest absolute Gasteiger partial charge is 0.213 e. The molecule has 0 radical (unpaired) electrons. The number of methoxy groups -OCH3 is 1. The van der Waals surface area contributed by atoms with Crippen LogP contribution in [0.5, 0.6) is 5.75 Å². The number of nitrogens with two attached hydrogens (primary N) is 1. The van der Waals surface area contributed by atoms with E-state index in [9.17, 15) is 0 Å². The lowest BCUT2D eigenvalue weighted by atomic mass is 10.1. The largest absolute Gasteiger partial charge is 0.497 e. The summed E-state index contributed by atoms with van der Waals surface area (Å²) in [6, 6.07) is 15.5. The predicted octanol–water partition coefficient (Wildman–Crippen LogP) is 3.22. The Labute approximate surface area is 143 Å². The van der Waals surface area contributed by atoms with Crippen molar-refractivity contribution in [2.75, 3.05) is 12.8 Å². The normalized spacial score (nSPS) is 16.0. The lowest BCUT2D eigenvalue weighted by molar-refractivity contribution is 0.414. The zero-order chi connectivity index (χ0) is 16.5. The number of rotatable bonds is 3. The zero-order valence-corrected chi connectivity index (χ0v) is 13.8. The first-order valence-corrected chi connectivity index (χ1v) is 8.29. The molecule has 4 rings (SSSR count). The summed E-state index contributed by atoms with van der Waals surface area (Å²) < 4.78 is 6.96. The number of nitrogen functional groups attached to an aromatic ring is 1. The Morgan fingerprint density at radius 3 is 2.50 bits per heavy atom. The van der Waals surface area contributed by atoms with E-state index in [2.05, 4.69) is 15.3 Å². The van der Waals surface area contributed by atoms with Gasteiger partial charge in [-0.25, -0.2) is 0 Å². The van der Waals surface area contributed by atoms with Crippen molar-refractivity contribution in [1.82, 2.24) is 14.9 Å². The van der Waals surface area contributed by atoms with Crippen LogP contribution in [0.3, 0.4) is 0 Å². The molecule has 0 amide bonds. The Balaban J connectivity index is 1.62. The minimum Gasteiger partial charge on any atom is -0.497 e. The number of aromatic nitrogens is 3. The van der Waals surface area contributed by atoms with Crippen molar-refractivity contribution < 1.29 is 4.74 Å². The molecule has 0 spiro atoms. The van der Waals surface area contributed by atoms with E-state index >= 15 is 0 Å². The second-order valence-electron chi connectivity index (χ2n) is 5.32. The summed E-state index contributed by atoms with van der Waals surface area (Å²) in [6.07, 6.45) is 1.91. The van der Waals surface area contributed by atoms with Gasteiger partial charge < -0.3 is 10.5 Å². The summed E-state index contributed by atoms with van der Waals surface area (Å²) in [7, 11) is 1.66. The van der Waals surface area contributed by atoms with Crippen molar-refractivity contribution in [3.05, 3.63) is 54.1 Å². The lowest BCUT2D eigenvalue weighted by Crippen LogP contribution is -2.07. The van der Waals surface area contributed by atoms with Gasteiger partial charge in [-0.05, 0) is 42.0 Å². The monoisotopic (exact) mass is 337 g/mol. The molecule has 0 fully saturated rings. The molecule has 0 saturated heterocycles. The molecule has 6 nitrogen and oxygen atoms in total. The quantitative estimate of drug-likeness (QED) is 0.743. The second kappa shape index (κ2) is 6.01. The van der Waals surface area contributed by atoms with Gasteiger partial charge in [-0.3, -0.25) is 0 Å². The number of nitrogens with zero attached hydrogens (tertiary/aromatic N) is 4. The highest BCUT2D eigenvalue weighted by molar-refractivity contribution is 8.00. The van der Waals surface area contributed by atoms with Crippen molar-refractivity contribution in [1.29, 1.82) is 0 Å². The van der Waals surface area contributed by atoms with E-state index in [1.165, 1.54) is 0 Å². The Hall–Kier alpha value is -2.80. The van der Waals surface area contributed by atoms with E-state index in [0.717, 1.165) is 27.7 Å². The molecule has 0 aliphatic carbocycles. The molecule has 1 aromatic heterocycles. The fraction of sp³-hybridized carbons (Fsp3) is 0.118. The summed E-state index contributed by atoms with van der Waals surface area (Å²) >= 11 is 1.62. The number of hydrogen-bond donors (Lipinski definition) is 1. The average molecular weight is 337 g/mol. The van der Waals surface area contributed by atoms with E-state index in [-0.39, 0.29) is 5.25 Å². The topological polar surface area (TPSA) is 78.3 Å². The Kier molecular flexibility index (Phi) is 3.70. The molecule has 2 N–H and O–H groups in total. The van der Waals surface area contributed by atoms with Gasteiger partial charge in [0.25, 0.3) is 0 Å². The molecule has 7 heteroatoms. The molecule has 2 heterocycles. The van der Waals surface area contributed by atoms with Crippen LogP contribution in [0.4, 0.5) is 5.69 Å².